The van der Waals surface area contributed by atoms with Crippen LogP contribution < -0.4 is 5.32 Å². The van der Waals surface area contributed by atoms with Crippen molar-refractivity contribution < 1.29 is 9.90 Å². The zero-order valence-electron chi connectivity index (χ0n) is 11.0. The lowest BCUT2D eigenvalue weighted by molar-refractivity contribution is -0.137. The number of aliphatic carboxylic acids is 1. The first-order valence-electron chi connectivity index (χ1n) is 6.55. The lowest BCUT2D eigenvalue weighted by atomic mass is 9.96. The number of carboxylic acids is 1. The van der Waals surface area contributed by atoms with E-state index in [1.807, 2.05) is 0 Å². The number of hydrogen-bond donors (Lipinski definition) is 2. The van der Waals surface area contributed by atoms with Gasteiger partial charge in [0, 0.05) is 12.5 Å². The lowest BCUT2D eigenvalue weighted by Gasteiger charge is -2.17. The highest BCUT2D eigenvalue weighted by Crippen LogP contribution is 2.14. The molecule has 0 aromatic rings. The third kappa shape index (κ3) is 8.72. The Balaban J connectivity index is 3.58. The number of hydrogen-bond acceptors (Lipinski definition) is 2. The molecule has 0 aliphatic rings. The van der Waals surface area contributed by atoms with E-state index in [9.17, 15) is 4.79 Å². The Hall–Kier alpha value is -0.570. The Bertz CT molecular complexity index is 183. The highest BCUT2D eigenvalue weighted by Gasteiger charge is 2.09. The highest BCUT2D eigenvalue weighted by atomic mass is 16.4. The summed E-state index contributed by atoms with van der Waals surface area (Å²) in [6.45, 7) is 7.56. The molecule has 0 aromatic carbocycles. The Morgan fingerprint density at radius 3 is 2.44 bits per heavy atom. The predicted molar refractivity (Wildman–Crippen MR) is 67.6 cm³/mol. The Kier molecular flexibility index (Phi) is 9.30. The van der Waals surface area contributed by atoms with Crippen molar-refractivity contribution in [1.82, 2.24) is 5.32 Å². The monoisotopic (exact) mass is 229 g/mol. The van der Waals surface area contributed by atoms with Gasteiger partial charge in [-0.25, -0.2) is 0 Å². The van der Waals surface area contributed by atoms with Crippen molar-refractivity contribution in [3.05, 3.63) is 0 Å². The minimum atomic E-state index is -0.675. The molecule has 2 atom stereocenters. The summed E-state index contributed by atoms with van der Waals surface area (Å²) in [4.78, 5) is 10.5. The highest BCUT2D eigenvalue weighted by molar-refractivity contribution is 5.66. The SMILES string of the molecule is CCCC(C)NCCC(CC)CCC(=O)O. The fraction of sp³-hybridized carbons (Fsp3) is 0.923. The molecular formula is C13H27NO2. The molecule has 0 saturated heterocycles. The predicted octanol–water partition coefficient (Wildman–Crippen LogP) is 3.05. The van der Waals surface area contributed by atoms with E-state index in [1.165, 1.54) is 12.8 Å². The van der Waals surface area contributed by atoms with Crippen LogP contribution in [0, 0.1) is 5.92 Å². The zero-order valence-corrected chi connectivity index (χ0v) is 11.0. The minimum absolute atomic E-state index is 0.309. The average molecular weight is 229 g/mol. The maximum absolute atomic E-state index is 10.5. The Morgan fingerprint density at radius 1 is 1.25 bits per heavy atom. The summed E-state index contributed by atoms with van der Waals surface area (Å²) in [7, 11) is 0. The number of carbonyl (C=O) groups is 1. The lowest BCUT2D eigenvalue weighted by Crippen LogP contribution is -2.28. The molecule has 3 nitrogen and oxygen atoms in total. The second-order valence-corrected chi connectivity index (χ2v) is 4.64. The third-order valence-corrected chi connectivity index (χ3v) is 3.11. The third-order valence-electron chi connectivity index (χ3n) is 3.11. The zero-order chi connectivity index (χ0) is 12.4. The molecule has 0 bridgehead atoms. The number of nitrogens with one attached hydrogen (secondary N) is 1. The molecule has 0 saturated carbocycles. The van der Waals surface area contributed by atoms with Gasteiger partial charge in [-0.1, -0.05) is 26.7 Å². The molecule has 96 valence electrons. The van der Waals surface area contributed by atoms with Gasteiger partial charge in [0.1, 0.15) is 0 Å². The molecule has 0 rings (SSSR count). The first kappa shape index (κ1) is 15.4. The number of rotatable bonds is 10. The first-order chi connectivity index (χ1) is 7.60. The van der Waals surface area contributed by atoms with Crippen LogP contribution in [0.15, 0.2) is 0 Å². The fourth-order valence-corrected chi connectivity index (χ4v) is 1.95. The van der Waals surface area contributed by atoms with Crippen LogP contribution in [0.3, 0.4) is 0 Å². The van der Waals surface area contributed by atoms with Gasteiger partial charge < -0.3 is 10.4 Å². The standard InChI is InChI=1S/C13H27NO2/c1-4-6-11(3)14-10-9-12(5-2)7-8-13(15)16/h11-12,14H,4-10H2,1-3H3,(H,15,16). The topological polar surface area (TPSA) is 49.3 Å². The van der Waals surface area contributed by atoms with Crippen LogP contribution in [0.1, 0.15) is 59.3 Å². The van der Waals surface area contributed by atoms with Crippen molar-refractivity contribution in [2.24, 2.45) is 5.92 Å². The molecule has 0 spiro atoms. The van der Waals surface area contributed by atoms with Crippen LogP contribution in [-0.4, -0.2) is 23.7 Å². The van der Waals surface area contributed by atoms with Crippen LogP contribution in [0.2, 0.25) is 0 Å². The molecule has 0 aliphatic carbocycles. The molecule has 0 aromatic heterocycles. The summed E-state index contributed by atoms with van der Waals surface area (Å²) < 4.78 is 0. The van der Waals surface area contributed by atoms with Crippen molar-refractivity contribution in [2.45, 2.75) is 65.3 Å². The van der Waals surface area contributed by atoms with Gasteiger partial charge in [-0.15, -0.1) is 0 Å². The van der Waals surface area contributed by atoms with Gasteiger partial charge >= 0.3 is 5.97 Å². The average Bonchev–Trinajstić information content (AvgIpc) is 2.23. The summed E-state index contributed by atoms with van der Waals surface area (Å²) in [5.41, 5.74) is 0. The first-order valence-corrected chi connectivity index (χ1v) is 6.55. The van der Waals surface area contributed by atoms with Crippen molar-refractivity contribution in [3.63, 3.8) is 0 Å². The van der Waals surface area contributed by atoms with E-state index < -0.39 is 5.97 Å². The second kappa shape index (κ2) is 9.64. The van der Waals surface area contributed by atoms with Crippen LogP contribution in [0.25, 0.3) is 0 Å². The fourth-order valence-electron chi connectivity index (χ4n) is 1.95. The molecule has 2 N–H and O–H groups in total. The van der Waals surface area contributed by atoms with Crippen molar-refractivity contribution in [1.29, 1.82) is 0 Å². The van der Waals surface area contributed by atoms with Gasteiger partial charge in [0.2, 0.25) is 0 Å². The minimum Gasteiger partial charge on any atom is -0.481 e. The van der Waals surface area contributed by atoms with Gasteiger partial charge in [-0.2, -0.15) is 0 Å². The maximum atomic E-state index is 10.5. The molecule has 0 radical (unpaired) electrons. The molecule has 0 aliphatic heterocycles. The van der Waals surface area contributed by atoms with Crippen molar-refractivity contribution in [2.75, 3.05) is 6.54 Å². The van der Waals surface area contributed by atoms with Crippen LogP contribution in [-0.2, 0) is 4.79 Å². The molecular weight excluding hydrogens is 202 g/mol. The summed E-state index contributed by atoms with van der Waals surface area (Å²) in [5.74, 6) is -0.122. The second-order valence-electron chi connectivity index (χ2n) is 4.64. The summed E-state index contributed by atoms with van der Waals surface area (Å²) in [6, 6.07) is 0.585. The normalized spacial score (nSPS) is 14.7. The smallest absolute Gasteiger partial charge is 0.303 e. The Morgan fingerprint density at radius 2 is 1.94 bits per heavy atom. The van der Waals surface area contributed by atoms with E-state index in [4.69, 9.17) is 5.11 Å². The van der Waals surface area contributed by atoms with E-state index in [1.54, 1.807) is 0 Å². The molecule has 3 heteroatoms. The quantitative estimate of drug-likeness (QED) is 0.605. The maximum Gasteiger partial charge on any atom is 0.303 e. The van der Waals surface area contributed by atoms with E-state index >= 15 is 0 Å². The van der Waals surface area contributed by atoms with Crippen molar-refractivity contribution >= 4 is 5.97 Å². The van der Waals surface area contributed by atoms with E-state index in [0.717, 1.165) is 25.8 Å². The summed E-state index contributed by atoms with van der Waals surface area (Å²) in [6.07, 6.45) is 5.73. The van der Waals surface area contributed by atoms with Crippen LogP contribution in [0.5, 0.6) is 0 Å². The Labute approximate surface area is 99.6 Å². The van der Waals surface area contributed by atoms with Gasteiger partial charge in [0.15, 0.2) is 0 Å². The summed E-state index contributed by atoms with van der Waals surface area (Å²) >= 11 is 0. The van der Waals surface area contributed by atoms with Crippen molar-refractivity contribution in [3.8, 4) is 0 Å². The molecule has 16 heavy (non-hydrogen) atoms. The van der Waals surface area contributed by atoms with E-state index in [2.05, 4.69) is 26.1 Å². The van der Waals surface area contributed by atoms with Gasteiger partial charge in [0.25, 0.3) is 0 Å². The van der Waals surface area contributed by atoms with E-state index in [-0.39, 0.29) is 0 Å². The van der Waals surface area contributed by atoms with Gasteiger partial charge in [-0.05, 0) is 38.6 Å². The molecule has 0 amide bonds. The van der Waals surface area contributed by atoms with E-state index in [0.29, 0.717) is 18.4 Å². The van der Waals surface area contributed by atoms with Gasteiger partial charge in [-0.3, -0.25) is 4.79 Å². The van der Waals surface area contributed by atoms with Gasteiger partial charge in [0.05, 0.1) is 0 Å². The van der Waals surface area contributed by atoms with Crippen LogP contribution in [0.4, 0.5) is 0 Å². The largest absolute Gasteiger partial charge is 0.481 e. The molecule has 0 fully saturated rings. The molecule has 0 heterocycles. The molecule has 2 unspecified atom stereocenters. The van der Waals surface area contributed by atoms with Crippen LogP contribution >= 0.6 is 0 Å². The number of carboxylic acid groups (broad SMARTS) is 1. The summed E-state index contributed by atoms with van der Waals surface area (Å²) in [5, 5.41) is 12.1.